The van der Waals surface area contributed by atoms with Crippen molar-refractivity contribution < 1.29 is 38.1 Å². The number of fused-ring (bicyclic) bond motifs is 3. The highest BCUT2D eigenvalue weighted by molar-refractivity contribution is 5.78. The fourth-order valence-electron chi connectivity index (χ4n) is 3.61. The van der Waals surface area contributed by atoms with Gasteiger partial charge in [0, 0.05) is 12.1 Å². The van der Waals surface area contributed by atoms with Crippen LogP contribution in [0.2, 0.25) is 0 Å². The van der Waals surface area contributed by atoms with Crippen molar-refractivity contribution in [2.24, 2.45) is 0 Å². The van der Waals surface area contributed by atoms with Crippen molar-refractivity contribution in [2.75, 3.05) is 0 Å². The fourth-order valence-corrected chi connectivity index (χ4v) is 3.61. The van der Waals surface area contributed by atoms with Gasteiger partial charge in [0.05, 0.1) is 4.92 Å². The molecule has 10 heteroatoms. The monoisotopic (exact) mass is 395 g/mol. The molecule has 1 aromatic rings. The summed E-state index contributed by atoms with van der Waals surface area (Å²) in [5.41, 5.74) is -0.107. The molecule has 0 radical (unpaired) electrons. The van der Waals surface area contributed by atoms with Crippen molar-refractivity contribution in [2.45, 2.75) is 70.0 Å². The number of esters is 1. The van der Waals surface area contributed by atoms with Crippen molar-refractivity contribution >= 4 is 11.7 Å². The topological polar surface area (TPSA) is 116 Å². The number of carbonyl (C=O) groups excluding carboxylic acids is 1. The summed E-state index contributed by atoms with van der Waals surface area (Å²) in [7, 11) is 0. The van der Waals surface area contributed by atoms with Crippen LogP contribution >= 0.6 is 0 Å². The summed E-state index contributed by atoms with van der Waals surface area (Å²) in [6.07, 6.45) is -3.81. The van der Waals surface area contributed by atoms with Crippen LogP contribution in [0.4, 0.5) is 5.69 Å². The molecule has 3 fully saturated rings. The predicted molar refractivity (Wildman–Crippen MR) is 91.3 cm³/mol. The first kappa shape index (κ1) is 19.2. The van der Waals surface area contributed by atoms with Crippen LogP contribution in [0.1, 0.15) is 27.7 Å². The molecule has 28 heavy (non-hydrogen) atoms. The van der Waals surface area contributed by atoms with Gasteiger partial charge in [0.1, 0.15) is 24.1 Å². The van der Waals surface area contributed by atoms with Gasteiger partial charge >= 0.3 is 5.97 Å². The minimum absolute atomic E-state index is 0.107. The van der Waals surface area contributed by atoms with Crippen molar-refractivity contribution in [3.63, 3.8) is 0 Å². The lowest BCUT2D eigenvalue weighted by atomic mass is 9.99. The van der Waals surface area contributed by atoms with Gasteiger partial charge in [-0.1, -0.05) is 0 Å². The number of nitrogens with zero attached hydrogens (tertiary/aromatic N) is 1. The van der Waals surface area contributed by atoms with Crippen molar-refractivity contribution in [3.8, 4) is 5.75 Å². The molecule has 0 aliphatic carbocycles. The maximum atomic E-state index is 12.8. The molecule has 0 spiro atoms. The Balaban J connectivity index is 1.54. The van der Waals surface area contributed by atoms with E-state index in [1.54, 1.807) is 27.7 Å². The third-order valence-corrected chi connectivity index (χ3v) is 4.65. The summed E-state index contributed by atoms with van der Waals surface area (Å²) in [6, 6.07) is 5.18. The average molecular weight is 395 g/mol. The number of carbonyl (C=O) groups is 1. The minimum atomic E-state index is -1.11. The van der Waals surface area contributed by atoms with Gasteiger partial charge < -0.3 is 28.4 Å². The molecule has 1 aromatic carbocycles. The smallest absolute Gasteiger partial charge is 0.343 e. The molecule has 3 aliphatic heterocycles. The first-order chi connectivity index (χ1) is 13.0. The molecule has 3 aliphatic rings. The summed E-state index contributed by atoms with van der Waals surface area (Å²) in [5, 5.41) is 10.7. The molecular formula is C18H21NO9. The van der Waals surface area contributed by atoms with Gasteiger partial charge in [-0.05, 0) is 39.8 Å². The van der Waals surface area contributed by atoms with E-state index in [-0.39, 0.29) is 11.4 Å². The maximum Gasteiger partial charge on any atom is 0.343 e. The van der Waals surface area contributed by atoms with Crippen LogP contribution in [0, 0.1) is 10.1 Å². The Morgan fingerprint density at radius 1 is 0.964 bits per heavy atom. The molecule has 4 rings (SSSR count). The zero-order valence-electron chi connectivity index (χ0n) is 15.8. The highest BCUT2D eigenvalue weighted by atomic mass is 16.9. The van der Waals surface area contributed by atoms with Gasteiger partial charge in [0.25, 0.3) is 5.69 Å². The standard InChI is InChI=1S/C18H21NO9/c1-17(2)25-11-12(26-17)14-16(28-18(3,4)27-14)24-13(11)15(20)23-10-7-5-9(6-8-10)19(21)22/h5-8,11-14,16H,1-4H3/t11-,12+,13+,14+,16-/m0/s1. The van der Waals surface area contributed by atoms with E-state index in [0.717, 1.165) is 0 Å². The second-order valence-electron chi connectivity index (χ2n) is 7.76. The summed E-state index contributed by atoms with van der Waals surface area (Å²) < 4.78 is 34.6. The lowest BCUT2D eigenvalue weighted by molar-refractivity contribution is -0.384. The van der Waals surface area contributed by atoms with Crippen molar-refractivity contribution in [1.29, 1.82) is 0 Å². The zero-order valence-corrected chi connectivity index (χ0v) is 15.8. The fraction of sp³-hybridized carbons (Fsp3) is 0.611. The van der Waals surface area contributed by atoms with Gasteiger partial charge in [-0.15, -0.1) is 0 Å². The van der Waals surface area contributed by atoms with E-state index in [1.165, 1.54) is 24.3 Å². The van der Waals surface area contributed by atoms with Gasteiger partial charge in [0.2, 0.25) is 0 Å². The van der Waals surface area contributed by atoms with E-state index in [9.17, 15) is 14.9 Å². The summed E-state index contributed by atoms with van der Waals surface area (Å²) in [5.74, 6) is -2.39. The average Bonchev–Trinajstić information content (AvgIpc) is 3.08. The third-order valence-electron chi connectivity index (χ3n) is 4.65. The number of benzene rings is 1. The van der Waals surface area contributed by atoms with Crippen LogP contribution in [-0.2, 0) is 28.5 Å². The number of hydrogen-bond acceptors (Lipinski definition) is 9. The second-order valence-corrected chi connectivity index (χ2v) is 7.76. The lowest BCUT2D eigenvalue weighted by Crippen LogP contribution is -2.58. The molecule has 0 unspecified atom stereocenters. The first-order valence-corrected chi connectivity index (χ1v) is 8.88. The van der Waals surface area contributed by atoms with E-state index in [4.69, 9.17) is 28.4 Å². The third kappa shape index (κ3) is 3.49. The first-order valence-electron chi connectivity index (χ1n) is 8.88. The number of non-ortho nitro benzene ring substituents is 1. The molecule has 5 atom stereocenters. The summed E-state index contributed by atoms with van der Waals surface area (Å²) in [4.78, 5) is 23.0. The van der Waals surface area contributed by atoms with Crippen LogP contribution in [0.3, 0.4) is 0 Å². The SMILES string of the molecule is CC1(C)O[C@@H]2O[C@@H](C(=O)Oc3ccc([N+](=O)[O-])cc3)[C@H]3OC(C)(C)O[C@H]3[C@H]2O1. The van der Waals surface area contributed by atoms with Gasteiger partial charge in [-0.25, -0.2) is 4.79 Å². The molecule has 0 bridgehead atoms. The highest BCUT2D eigenvalue weighted by Crippen LogP contribution is 2.44. The number of nitro groups is 1. The number of ether oxygens (including phenoxy) is 6. The predicted octanol–water partition coefficient (Wildman–Crippen LogP) is 1.90. The maximum absolute atomic E-state index is 12.8. The molecule has 0 aromatic heterocycles. The molecule has 0 saturated carbocycles. The molecule has 3 saturated heterocycles. The van der Waals surface area contributed by atoms with E-state index in [2.05, 4.69) is 0 Å². The lowest BCUT2D eigenvalue weighted by Gasteiger charge is -2.35. The van der Waals surface area contributed by atoms with Crippen LogP contribution in [0.25, 0.3) is 0 Å². The Kier molecular flexibility index (Phi) is 4.43. The van der Waals surface area contributed by atoms with Gasteiger partial charge in [-0.2, -0.15) is 0 Å². The Bertz CT molecular complexity index is 791. The zero-order chi connectivity index (χ0) is 20.3. The normalized spacial score (nSPS) is 35.1. The van der Waals surface area contributed by atoms with E-state index < -0.39 is 53.2 Å². The Hall–Kier alpha value is -2.11. The molecule has 0 N–H and O–H groups in total. The van der Waals surface area contributed by atoms with E-state index >= 15 is 0 Å². The Morgan fingerprint density at radius 3 is 2.18 bits per heavy atom. The van der Waals surface area contributed by atoms with E-state index in [0.29, 0.717) is 0 Å². The van der Waals surface area contributed by atoms with Crippen LogP contribution in [0.15, 0.2) is 24.3 Å². The summed E-state index contributed by atoms with van der Waals surface area (Å²) in [6.45, 7) is 6.96. The number of hydrogen-bond donors (Lipinski definition) is 0. The molecule has 152 valence electrons. The van der Waals surface area contributed by atoms with E-state index in [1.807, 2.05) is 0 Å². The van der Waals surface area contributed by atoms with Gasteiger partial charge in [0.15, 0.2) is 24.0 Å². The Labute approximate surface area is 160 Å². The van der Waals surface area contributed by atoms with Gasteiger partial charge in [-0.3, -0.25) is 10.1 Å². The molecule has 0 amide bonds. The molecular weight excluding hydrogens is 374 g/mol. The minimum Gasteiger partial charge on any atom is -0.425 e. The number of rotatable bonds is 3. The second kappa shape index (κ2) is 6.46. The van der Waals surface area contributed by atoms with Crippen LogP contribution < -0.4 is 4.74 Å². The number of nitro benzene ring substituents is 1. The van der Waals surface area contributed by atoms with Crippen molar-refractivity contribution in [3.05, 3.63) is 34.4 Å². The molecule has 10 nitrogen and oxygen atoms in total. The largest absolute Gasteiger partial charge is 0.425 e. The van der Waals surface area contributed by atoms with Crippen molar-refractivity contribution in [1.82, 2.24) is 0 Å². The quantitative estimate of drug-likeness (QED) is 0.327. The highest BCUT2D eigenvalue weighted by Gasteiger charge is 2.62. The van der Waals surface area contributed by atoms with Crippen LogP contribution in [0.5, 0.6) is 5.75 Å². The molecule has 3 heterocycles. The summed E-state index contributed by atoms with van der Waals surface area (Å²) >= 11 is 0. The Morgan fingerprint density at radius 2 is 1.54 bits per heavy atom. The van der Waals surface area contributed by atoms with Crippen LogP contribution in [-0.4, -0.2) is 53.2 Å².